The molecule has 2 rings (SSSR count). The van der Waals surface area contributed by atoms with Gasteiger partial charge < -0.3 is 15.2 Å². The molecule has 4 heteroatoms. The molecule has 0 bridgehead atoms. The fraction of sp³-hybridized carbons (Fsp3) is 0.625. The largest absolute Gasteiger partial charge is 0.494 e. The van der Waals surface area contributed by atoms with Crippen molar-refractivity contribution in [2.24, 2.45) is 5.41 Å². The Morgan fingerprint density at radius 3 is 2.95 bits per heavy atom. The highest BCUT2D eigenvalue weighted by atomic mass is 19.1. The van der Waals surface area contributed by atoms with Crippen molar-refractivity contribution < 1.29 is 14.2 Å². The van der Waals surface area contributed by atoms with Gasteiger partial charge >= 0.3 is 0 Å². The van der Waals surface area contributed by atoms with E-state index in [-0.39, 0.29) is 29.6 Å². The molecule has 1 aromatic carbocycles. The number of aliphatic hydroxyl groups is 1. The van der Waals surface area contributed by atoms with Crippen molar-refractivity contribution in [3.8, 4) is 5.75 Å². The zero-order valence-corrected chi connectivity index (χ0v) is 12.4. The Labute approximate surface area is 120 Å². The number of halogens is 1. The lowest BCUT2D eigenvalue weighted by atomic mass is 9.85. The molecule has 0 heterocycles. The van der Waals surface area contributed by atoms with Crippen molar-refractivity contribution in [3.63, 3.8) is 0 Å². The van der Waals surface area contributed by atoms with Gasteiger partial charge in [-0.05, 0) is 37.5 Å². The molecule has 3 unspecified atom stereocenters. The zero-order valence-electron chi connectivity index (χ0n) is 12.4. The van der Waals surface area contributed by atoms with Crippen LogP contribution in [0.5, 0.6) is 5.75 Å². The van der Waals surface area contributed by atoms with Crippen LogP contribution < -0.4 is 10.1 Å². The van der Waals surface area contributed by atoms with E-state index in [4.69, 9.17) is 4.74 Å². The Hall–Kier alpha value is -1.13. The molecular weight excluding hydrogens is 257 g/mol. The molecule has 1 fully saturated rings. The third kappa shape index (κ3) is 2.96. The number of ether oxygens (including phenoxy) is 1. The molecular formula is C16H24FNO2. The van der Waals surface area contributed by atoms with Crippen molar-refractivity contribution in [1.29, 1.82) is 0 Å². The van der Waals surface area contributed by atoms with Gasteiger partial charge in [0.15, 0.2) is 11.6 Å². The number of rotatable bonds is 5. The Morgan fingerprint density at radius 2 is 2.30 bits per heavy atom. The van der Waals surface area contributed by atoms with Gasteiger partial charge in [0.25, 0.3) is 0 Å². The maximum atomic E-state index is 13.4. The van der Waals surface area contributed by atoms with Crippen molar-refractivity contribution in [3.05, 3.63) is 29.6 Å². The SMILES string of the molecule is COc1cc(C(C)NC2CCCC2(C)CO)ccc1F. The van der Waals surface area contributed by atoms with E-state index < -0.39 is 0 Å². The second-order valence-electron chi connectivity index (χ2n) is 6.04. The molecule has 3 nitrogen and oxygen atoms in total. The van der Waals surface area contributed by atoms with Crippen LogP contribution in [0.4, 0.5) is 4.39 Å². The Balaban J connectivity index is 2.10. The lowest BCUT2D eigenvalue weighted by Gasteiger charge is -2.32. The van der Waals surface area contributed by atoms with Gasteiger partial charge in [-0.2, -0.15) is 0 Å². The van der Waals surface area contributed by atoms with Crippen LogP contribution >= 0.6 is 0 Å². The van der Waals surface area contributed by atoms with Crippen LogP contribution in [0.1, 0.15) is 44.7 Å². The van der Waals surface area contributed by atoms with E-state index in [1.807, 2.05) is 0 Å². The molecule has 1 aliphatic rings. The maximum Gasteiger partial charge on any atom is 0.165 e. The van der Waals surface area contributed by atoms with Crippen LogP contribution in [0, 0.1) is 11.2 Å². The highest BCUT2D eigenvalue weighted by Crippen LogP contribution is 2.38. The summed E-state index contributed by atoms with van der Waals surface area (Å²) in [6.07, 6.45) is 3.24. The van der Waals surface area contributed by atoms with E-state index in [0.717, 1.165) is 24.8 Å². The minimum absolute atomic E-state index is 0.0572. The lowest BCUT2D eigenvalue weighted by molar-refractivity contribution is 0.114. The van der Waals surface area contributed by atoms with Crippen LogP contribution in [-0.4, -0.2) is 24.9 Å². The van der Waals surface area contributed by atoms with E-state index in [2.05, 4.69) is 19.2 Å². The normalized spacial score (nSPS) is 27.6. The molecule has 0 aliphatic heterocycles. The highest BCUT2D eigenvalue weighted by molar-refractivity contribution is 5.32. The summed E-state index contributed by atoms with van der Waals surface area (Å²) in [5.74, 6) is -0.0722. The Kier molecular flexibility index (Phi) is 4.66. The van der Waals surface area contributed by atoms with Gasteiger partial charge in [0.1, 0.15) is 0 Å². The molecule has 0 radical (unpaired) electrons. The monoisotopic (exact) mass is 281 g/mol. The van der Waals surface area contributed by atoms with Gasteiger partial charge in [0, 0.05) is 24.1 Å². The number of hydrogen-bond acceptors (Lipinski definition) is 3. The zero-order chi connectivity index (χ0) is 14.8. The second kappa shape index (κ2) is 6.10. The number of hydrogen-bond donors (Lipinski definition) is 2. The van der Waals surface area contributed by atoms with Crippen molar-refractivity contribution >= 4 is 0 Å². The van der Waals surface area contributed by atoms with Gasteiger partial charge in [-0.1, -0.05) is 19.4 Å². The first-order valence-corrected chi connectivity index (χ1v) is 7.20. The first-order valence-electron chi connectivity index (χ1n) is 7.20. The molecule has 2 N–H and O–H groups in total. The predicted octanol–water partition coefficient (Wildman–Crippen LogP) is 3.04. The molecule has 112 valence electrons. The van der Waals surface area contributed by atoms with Crippen LogP contribution in [0.25, 0.3) is 0 Å². The average Bonchev–Trinajstić information content (AvgIpc) is 2.81. The number of methoxy groups -OCH3 is 1. The van der Waals surface area contributed by atoms with E-state index in [0.29, 0.717) is 6.04 Å². The first kappa shape index (κ1) is 15.3. The van der Waals surface area contributed by atoms with Crippen molar-refractivity contribution in [2.75, 3.05) is 13.7 Å². The fourth-order valence-electron chi connectivity index (χ4n) is 3.05. The van der Waals surface area contributed by atoms with Gasteiger partial charge in [-0.15, -0.1) is 0 Å². The average molecular weight is 281 g/mol. The van der Waals surface area contributed by atoms with Gasteiger partial charge in [0.05, 0.1) is 7.11 Å². The third-order valence-electron chi connectivity index (χ3n) is 4.57. The quantitative estimate of drug-likeness (QED) is 0.871. The van der Waals surface area contributed by atoms with Crippen LogP contribution in [0.3, 0.4) is 0 Å². The Morgan fingerprint density at radius 1 is 1.55 bits per heavy atom. The first-order chi connectivity index (χ1) is 9.50. The molecule has 20 heavy (non-hydrogen) atoms. The summed E-state index contributed by atoms with van der Waals surface area (Å²) in [4.78, 5) is 0. The number of nitrogens with one attached hydrogen (secondary N) is 1. The minimum Gasteiger partial charge on any atom is -0.494 e. The molecule has 0 saturated heterocycles. The fourth-order valence-corrected chi connectivity index (χ4v) is 3.05. The molecule has 3 atom stereocenters. The molecule has 1 aromatic rings. The van der Waals surface area contributed by atoms with E-state index in [9.17, 15) is 9.50 Å². The highest BCUT2D eigenvalue weighted by Gasteiger charge is 2.38. The molecule has 1 aliphatic carbocycles. The van der Waals surface area contributed by atoms with E-state index >= 15 is 0 Å². The molecule has 0 amide bonds. The Bertz CT molecular complexity index is 466. The topological polar surface area (TPSA) is 41.5 Å². The minimum atomic E-state index is -0.343. The summed E-state index contributed by atoms with van der Waals surface area (Å²) >= 11 is 0. The predicted molar refractivity (Wildman–Crippen MR) is 77.3 cm³/mol. The second-order valence-corrected chi connectivity index (χ2v) is 6.04. The van der Waals surface area contributed by atoms with Gasteiger partial charge in [-0.3, -0.25) is 0 Å². The van der Waals surface area contributed by atoms with Crippen LogP contribution in [0.15, 0.2) is 18.2 Å². The standard InChI is InChI=1S/C16H24FNO2/c1-11(12-6-7-13(17)14(9-12)20-3)18-15-5-4-8-16(15,2)10-19/h6-7,9,11,15,18-19H,4-5,8,10H2,1-3H3. The maximum absolute atomic E-state index is 13.4. The smallest absolute Gasteiger partial charge is 0.165 e. The number of aliphatic hydroxyl groups excluding tert-OH is 1. The van der Waals surface area contributed by atoms with Crippen LogP contribution in [0.2, 0.25) is 0 Å². The molecule has 1 saturated carbocycles. The summed E-state index contributed by atoms with van der Waals surface area (Å²) in [5.41, 5.74) is 0.939. The number of benzene rings is 1. The van der Waals surface area contributed by atoms with Crippen LogP contribution in [-0.2, 0) is 0 Å². The summed E-state index contributed by atoms with van der Waals surface area (Å²) in [5, 5.41) is 13.2. The van der Waals surface area contributed by atoms with Crippen molar-refractivity contribution in [2.45, 2.75) is 45.2 Å². The van der Waals surface area contributed by atoms with E-state index in [1.54, 1.807) is 12.1 Å². The van der Waals surface area contributed by atoms with Gasteiger partial charge in [-0.25, -0.2) is 4.39 Å². The molecule has 0 spiro atoms. The summed E-state index contributed by atoms with van der Waals surface area (Å²) < 4.78 is 18.5. The van der Waals surface area contributed by atoms with E-state index in [1.165, 1.54) is 13.2 Å². The lowest BCUT2D eigenvalue weighted by Crippen LogP contribution is -2.42. The summed E-state index contributed by atoms with van der Waals surface area (Å²) in [6, 6.07) is 5.34. The summed E-state index contributed by atoms with van der Waals surface area (Å²) in [7, 11) is 1.47. The van der Waals surface area contributed by atoms with Crippen molar-refractivity contribution in [1.82, 2.24) is 5.32 Å². The third-order valence-corrected chi connectivity index (χ3v) is 4.57. The molecule has 0 aromatic heterocycles. The summed E-state index contributed by atoms with van der Waals surface area (Å²) in [6.45, 7) is 4.38. The van der Waals surface area contributed by atoms with Gasteiger partial charge in [0.2, 0.25) is 0 Å².